The predicted molar refractivity (Wildman–Crippen MR) is 136 cm³/mol. The van der Waals surface area contributed by atoms with Gasteiger partial charge in [-0.25, -0.2) is 0 Å². The highest BCUT2D eigenvalue weighted by Gasteiger charge is 2.31. The van der Waals surface area contributed by atoms with E-state index in [2.05, 4.69) is 5.16 Å². The van der Waals surface area contributed by atoms with Gasteiger partial charge in [0.25, 0.3) is 11.2 Å². The number of nitrogens with zero attached hydrogens (tertiary/aromatic N) is 3. The number of non-ortho nitro benzene ring substituents is 1. The molecule has 1 aliphatic carbocycles. The van der Waals surface area contributed by atoms with E-state index in [9.17, 15) is 19.7 Å². The summed E-state index contributed by atoms with van der Waals surface area (Å²) in [6.07, 6.45) is 2.74. The molecule has 1 saturated carbocycles. The fraction of sp³-hybridized carbons (Fsp3) is 0.346. The number of rotatable bonds is 6. The highest BCUT2D eigenvalue weighted by Crippen LogP contribution is 2.36. The van der Waals surface area contributed by atoms with Gasteiger partial charge in [0.15, 0.2) is 11.5 Å². The van der Waals surface area contributed by atoms with Crippen molar-refractivity contribution >= 4 is 45.1 Å². The number of fused-ring (bicyclic) bond motifs is 3. The molecular formula is C26H24ClN3O7. The van der Waals surface area contributed by atoms with E-state index >= 15 is 0 Å². The number of hydrogen-bond donors (Lipinski definition) is 0. The molecule has 1 fully saturated rings. The van der Waals surface area contributed by atoms with Crippen LogP contribution in [0.15, 0.2) is 45.7 Å². The Kier molecular flexibility index (Phi) is 6.59. The van der Waals surface area contributed by atoms with Gasteiger partial charge in [-0.2, -0.15) is 0 Å². The Hall–Kier alpha value is -3.92. The van der Waals surface area contributed by atoms with Crippen LogP contribution in [-0.2, 0) is 11.3 Å². The van der Waals surface area contributed by atoms with Gasteiger partial charge in [-0.3, -0.25) is 19.7 Å². The molecule has 4 aromatic rings. The molecule has 37 heavy (non-hydrogen) atoms. The zero-order chi connectivity index (χ0) is 26.3. The smallest absolute Gasteiger partial charge is 0.314 e. The lowest BCUT2D eigenvalue weighted by Gasteiger charge is -2.28. The maximum absolute atomic E-state index is 13.5. The van der Waals surface area contributed by atoms with Crippen molar-refractivity contribution in [1.82, 2.24) is 9.72 Å². The van der Waals surface area contributed by atoms with Crippen LogP contribution in [0.25, 0.3) is 21.8 Å². The predicted octanol–water partition coefficient (Wildman–Crippen LogP) is 5.43. The number of aryl methyl sites for hydroxylation is 1. The molecule has 11 heteroatoms. The molecule has 10 nitrogen and oxygen atoms in total. The Bertz CT molecular complexity index is 1590. The summed E-state index contributed by atoms with van der Waals surface area (Å²) in [5.74, 6) is -0.210. The van der Waals surface area contributed by atoms with E-state index in [1.165, 1.54) is 25.3 Å². The molecule has 0 N–H and O–H groups in total. The Morgan fingerprint density at radius 3 is 2.81 bits per heavy atom. The second kappa shape index (κ2) is 9.85. The van der Waals surface area contributed by atoms with Crippen molar-refractivity contribution in [2.45, 2.75) is 39.2 Å². The van der Waals surface area contributed by atoms with Crippen LogP contribution in [0.3, 0.4) is 0 Å². The molecule has 5 rings (SSSR count). The first-order valence-corrected chi connectivity index (χ1v) is 12.3. The minimum absolute atomic E-state index is 0.00839. The molecule has 2 aromatic carbocycles. The topological polar surface area (TPSA) is 127 Å². The van der Waals surface area contributed by atoms with Gasteiger partial charge < -0.3 is 18.6 Å². The Labute approximate surface area is 215 Å². The zero-order valence-electron chi connectivity index (χ0n) is 20.2. The van der Waals surface area contributed by atoms with Crippen LogP contribution < -0.4 is 15.0 Å². The van der Waals surface area contributed by atoms with Crippen molar-refractivity contribution in [2.24, 2.45) is 11.8 Å². The monoisotopic (exact) mass is 525 g/mol. The molecule has 0 bridgehead atoms. The minimum atomic E-state index is -0.560. The number of nitro groups is 1. The molecule has 0 amide bonds. The van der Waals surface area contributed by atoms with E-state index in [1.54, 1.807) is 23.6 Å². The number of nitro benzene ring substituents is 1. The molecule has 0 saturated heterocycles. The molecule has 2 aromatic heterocycles. The van der Waals surface area contributed by atoms with Crippen LogP contribution >= 0.6 is 11.6 Å². The number of hydrogen-bond acceptors (Lipinski definition) is 8. The summed E-state index contributed by atoms with van der Waals surface area (Å²) in [4.78, 5) is 37.2. The summed E-state index contributed by atoms with van der Waals surface area (Å²) in [5, 5.41) is 16.8. The molecule has 0 aliphatic heterocycles. The zero-order valence-corrected chi connectivity index (χ0v) is 21.0. The first-order valence-electron chi connectivity index (χ1n) is 11.9. The molecule has 1 aliphatic rings. The standard InChI is InChI=1S/C26H24ClN3O7/c1-14-22-24(28-37-14)23-18(27)7-4-8-19(23)29(25(22)31)13-15-5-3-6-16(11-15)26(32)36-21-12-17(30(33)34)9-10-20(21)35-2/h4,7-10,12,15-16H,3,5-6,11,13H2,1-2H3. The lowest BCUT2D eigenvalue weighted by molar-refractivity contribution is -0.384. The fourth-order valence-corrected chi connectivity index (χ4v) is 5.43. The molecule has 2 atom stereocenters. The number of benzene rings is 2. The first kappa shape index (κ1) is 24.8. The summed E-state index contributed by atoms with van der Waals surface area (Å²) in [6, 6.07) is 9.23. The van der Waals surface area contributed by atoms with Gasteiger partial charge in [-0.1, -0.05) is 29.2 Å². The van der Waals surface area contributed by atoms with Crippen LogP contribution in [0.2, 0.25) is 5.02 Å². The number of carbonyl (C=O) groups is 1. The molecule has 2 unspecified atom stereocenters. The van der Waals surface area contributed by atoms with Crippen molar-refractivity contribution in [3.05, 3.63) is 67.6 Å². The van der Waals surface area contributed by atoms with Crippen molar-refractivity contribution in [2.75, 3.05) is 7.11 Å². The summed E-state index contributed by atoms with van der Waals surface area (Å²) < 4.78 is 17.8. The number of carbonyl (C=O) groups excluding carboxylic acids is 1. The van der Waals surface area contributed by atoms with Gasteiger partial charge >= 0.3 is 5.97 Å². The third kappa shape index (κ3) is 4.53. The number of methoxy groups -OCH3 is 1. The molecule has 2 heterocycles. The average Bonchev–Trinajstić information content (AvgIpc) is 3.27. The highest BCUT2D eigenvalue weighted by molar-refractivity contribution is 6.37. The molecule has 0 spiro atoms. The van der Waals surface area contributed by atoms with E-state index in [1.807, 2.05) is 6.07 Å². The molecule has 192 valence electrons. The number of halogens is 1. The third-order valence-electron chi connectivity index (χ3n) is 6.97. The number of ether oxygens (including phenoxy) is 2. The Morgan fingerprint density at radius 1 is 1.24 bits per heavy atom. The number of esters is 1. The van der Waals surface area contributed by atoms with Crippen LogP contribution in [-0.4, -0.2) is 27.7 Å². The van der Waals surface area contributed by atoms with Gasteiger partial charge in [0.05, 0.1) is 34.6 Å². The summed E-state index contributed by atoms with van der Waals surface area (Å²) >= 11 is 6.50. The lowest BCUT2D eigenvalue weighted by Crippen LogP contribution is -2.31. The second-order valence-electron chi connectivity index (χ2n) is 9.26. The largest absolute Gasteiger partial charge is 0.493 e. The summed E-state index contributed by atoms with van der Waals surface area (Å²) in [5.41, 5.74) is 0.684. The van der Waals surface area contributed by atoms with E-state index in [-0.39, 0.29) is 28.7 Å². The van der Waals surface area contributed by atoms with Gasteiger partial charge in [-0.05, 0) is 50.3 Å². The van der Waals surface area contributed by atoms with Gasteiger partial charge in [0.2, 0.25) is 0 Å². The van der Waals surface area contributed by atoms with Crippen molar-refractivity contribution in [3.8, 4) is 11.5 Å². The van der Waals surface area contributed by atoms with Crippen LogP contribution in [0.4, 0.5) is 5.69 Å². The van der Waals surface area contributed by atoms with Crippen molar-refractivity contribution in [1.29, 1.82) is 0 Å². The Balaban J connectivity index is 1.42. The van der Waals surface area contributed by atoms with Gasteiger partial charge in [0.1, 0.15) is 16.7 Å². The van der Waals surface area contributed by atoms with E-state index in [0.29, 0.717) is 52.0 Å². The third-order valence-corrected chi connectivity index (χ3v) is 7.28. The maximum Gasteiger partial charge on any atom is 0.314 e. The van der Waals surface area contributed by atoms with Crippen molar-refractivity contribution < 1.29 is 23.7 Å². The number of aromatic nitrogens is 2. The van der Waals surface area contributed by atoms with Gasteiger partial charge in [-0.15, -0.1) is 0 Å². The second-order valence-corrected chi connectivity index (χ2v) is 9.66. The first-order chi connectivity index (χ1) is 17.8. The van der Waals surface area contributed by atoms with Crippen LogP contribution in [0, 0.1) is 28.9 Å². The van der Waals surface area contributed by atoms with E-state index < -0.39 is 16.8 Å². The minimum Gasteiger partial charge on any atom is -0.493 e. The maximum atomic E-state index is 13.5. The van der Waals surface area contributed by atoms with E-state index in [4.69, 9.17) is 25.6 Å². The van der Waals surface area contributed by atoms with Crippen LogP contribution in [0.1, 0.15) is 31.4 Å². The lowest BCUT2D eigenvalue weighted by atomic mass is 9.81. The Morgan fingerprint density at radius 2 is 2.05 bits per heavy atom. The van der Waals surface area contributed by atoms with Crippen molar-refractivity contribution in [3.63, 3.8) is 0 Å². The molecule has 0 radical (unpaired) electrons. The van der Waals surface area contributed by atoms with Gasteiger partial charge in [0, 0.05) is 18.0 Å². The normalized spacial score (nSPS) is 17.7. The quantitative estimate of drug-likeness (QED) is 0.141. The van der Waals surface area contributed by atoms with E-state index in [0.717, 1.165) is 12.8 Å². The SMILES string of the molecule is COc1ccc([N+](=O)[O-])cc1OC(=O)C1CCCC(Cn2c(=O)c3c(C)onc3c3c(Cl)cccc32)C1. The molecular weight excluding hydrogens is 502 g/mol. The fourth-order valence-electron chi connectivity index (χ4n) is 5.17. The summed E-state index contributed by atoms with van der Waals surface area (Å²) in [7, 11) is 1.40. The van der Waals surface area contributed by atoms with Crippen LogP contribution in [0.5, 0.6) is 11.5 Å². The highest BCUT2D eigenvalue weighted by atomic mass is 35.5. The summed E-state index contributed by atoms with van der Waals surface area (Å²) in [6.45, 7) is 2.08. The average molecular weight is 526 g/mol. The number of pyridine rings is 1.